The number of nitrogens with zero attached hydrogens (tertiary/aromatic N) is 2. The summed E-state index contributed by atoms with van der Waals surface area (Å²) in [6, 6.07) is 0.118. The van der Waals surface area contributed by atoms with Crippen LogP contribution < -0.4 is 5.32 Å². The van der Waals surface area contributed by atoms with Crippen LogP contribution >= 0.6 is 0 Å². The van der Waals surface area contributed by atoms with Gasteiger partial charge in [-0.25, -0.2) is 4.63 Å². The number of carbonyl (C=O) groups is 2. The quantitative estimate of drug-likeness (QED) is 0.731. The number of carbonyl (C=O) groups excluding carboxylic acids is 1. The number of aromatic nitrogens is 2. The fourth-order valence-corrected chi connectivity index (χ4v) is 1.57. The van der Waals surface area contributed by atoms with Crippen molar-refractivity contribution in [3.05, 3.63) is 11.4 Å². The highest BCUT2D eigenvalue weighted by atomic mass is 16.6. The summed E-state index contributed by atoms with van der Waals surface area (Å²) in [7, 11) is 0. The normalized spacial score (nSPS) is 18.1. The minimum absolute atomic E-state index is 0.0315. The van der Waals surface area contributed by atoms with Crippen molar-refractivity contribution < 1.29 is 19.3 Å². The lowest BCUT2D eigenvalue weighted by Crippen LogP contribution is -2.47. The van der Waals surface area contributed by atoms with E-state index in [4.69, 9.17) is 0 Å². The third-order valence-electron chi connectivity index (χ3n) is 3.15. The fourth-order valence-electron chi connectivity index (χ4n) is 1.57. The van der Waals surface area contributed by atoms with Crippen molar-refractivity contribution in [1.82, 2.24) is 15.6 Å². The van der Waals surface area contributed by atoms with Crippen LogP contribution in [-0.4, -0.2) is 33.3 Å². The summed E-state index contributed by atoms with van der Waals surface area (Å²) in [5.74, 6) is -1.66. The first-order chi connectivity index (χ1) is 8.43. The van der Waals surface area contributed by atoms with Gasteiger partial charge in [-0.05, 0) is 26.7 Å². The van der Waals surface area contributed by atoms with Gasteiger partial charge in [0.1, 0.15) is 16.8 Å². The summed E-state index contributed by atoms with van der Waals surface area (Å²) in [6.07, 6.45) is 1.79. The zero-order valence-electron chi connectivity index (χ0n) is 10.3. The predicted molar refractivity (Wildman–Crippen MR) is 59.6 cm³/mol. The van der Waals surface area contributed by atoms with E-state index in [-0.39, 0.29) is 12.5 Å². The molecule has 2 N–H and O–H groups in total. The molecule has 18 heavy (non-hydrogen) atoms. The number of nitrogens with one attached hydrogen (secondary N) is 1. The minimum atomic E-state index is -1.55. The lowest BCUT2D eigenvalue weighted by atomic mass is 9.84. The largest absolute Gasteiger partial charge is 0.480 e. The van der Waals surface area contributed by atoms with Gasteiger partial charge in [0.2, 0.25) is 5.91 Å². The van der Waals surface area contributed by atoms with Gasteiger partial charge in [0.05, 0.1) is 0 Å². The molecule has 0 bridgehead atoms. The van der Waals surface area contributed by atoms with E-state index in [1.165, 1.54) is 6.92 Å². The average molecular weight is 253 g/mol. The number of aryl methyl sites for hydroxylation is 1. The first-order valence-electron chi connectivity index (χ1n) is 5.76. The molecule has 1 heterocycles. The van der Waals surface area contributed by atoms with Crippen molar-refractivity contribution in [3.8, 4) is 0 Å². The molecule has 0 saturated heterocycles. The van der Waals surface area contributed by atoms with E-state index in [9.17, 15) is 14.7 Å². The van der Waals surface area contributed by atoms with Crippen molar-refractivity contribution in [2.24, 2.45) is 5.41 Å². The molecule has 1 aliphatic carbocycles. The van der Waals surface area contributed by atoms with Gasteiger partial charge in [-0.1, -0.05) is 10.3 Å². The fraction of sp³-hybridized carbons (Fsp3) is 0.636. The van der Waals surface area contributed by atoms with Gasteiger partial charge in [0.15, 0.2) is 0 Å². The summed E-state index contributed by atoms with van der Waals surface area (Å²) in [6.45, 7) is 3.05. The van der Waals surface area contributed by atoms with Crippen LogP contribution in [0.5, 0.6) is 0 Å². The zero-order chi connectivity index (χ0) is 13.3. The second kappa shape index (κ2) is 4.40. The van der Waals surface area contributed by atoms with Gasteiger partial charge >= 0.3 is 5.97 Å². The van der Waals surface area contributed by atoms with Gasteiger partial charge < -0.3 is 10.4 Å². The maximum atomic E-state index is 12.0. The van der Waals surface area contributed by atoms with E-state index in [1.807, 2.05) is 0 Å². The Balaban J connectivity index is 2.17. The Bertz CT molecular complexity index is 480. The first kappa shape index (κ1) is 12.5. The Morgan fingerprint density at radius 1 is 1.50 bits per heavy atom. The molecule has 0 radical (unpaired) electrons. The van der Waals surface area contributed by atoms with Gasteiger partial charge in [0.25, 0.3) is 0 Å². The second-order valence-corrected chi connectivity index (χ2v) is 4.86. The molecule has 1 atom stereocenters. The van der Waals surface area contributed by atoms with Crippen LogP contribution in [-0.2, 0) is 16.0 Å². The zero-order valence-corrected chi connectivity index (χ0v) is 10.3. The van der Waals surface area contributed by atoms with Crippen LogP contribution in [0.2, 0.25) is 0 Å². The van der Waals surface area contributed by atoms with Crippen molar-refractivity contribution in [3.63, 3.8) is 0 Å². The molecule has 7 heteroatoms. The highest BCUT2D eigenvalue weighted by Gasteiger charge is 2.44. The van der Waals surface area contributed by atoms with Gasteiger partial charge in [-0.3, -0.25) is 9.59 Å². The Morgan fingerprint density at radius 3 is 2.61 bits per heavy atom. The van der Waals surface area contributed by atoms with E-state index in [1.54, 1.807) is 6.92 Å². The molecular weight excluding hydrogens is 238 g/mol. The maximum absolute atomic E-state index is 12.0. The van der Waals surface area contributed by atoms with Crippen LogP contribution in [0.25, 0.3) is 0 Å². The molecule has 1 unspecified atom stereocenters. The summed E-state index contributed by atoms with van der Waals surface area (Å²) in [4.78, 5) is 23.4. The average Bonchev–Trinajstić information content (AvgIpc) is 3.03. The predicted octanol–water partition coefficient (Wildman–Crippen LogP) is 0.290. The number of aliphatic carboxylic acids is 1. The lowest BCUT2D eigenvalue weighted by Gasteiger charge is -2.22. The van der Waals surface area contributed by atoms with Crippen LogP contribution in [0.15, 0.2) is 4.63 Å². The lowest BCUT2D eigenvalue weighted by molar-refractivity contribution is -0.154. The molecule has 0 aromatic carbocycles. The second-order valence-electron chi connectivity index (χ2n) is 4.86. The summed E-state index contributed by atoms with van der Waals surface area (Å²) in [5, 5.41) is 19.2. The third-order valence-corrected chi connectivity index (χ3v) is 3.15. The number of hydrogen-bond acceptors (Lipinski definition) is 5. The Morgan fingerprint density at radius 2 is 2.17 bits per heavy atom. The molecule has 1 fully saturated rings. The van der Waals surface area contributed by atoms with Crippen molar-refractivity contribution >= 4 is 11.9 Å². The monoisotopic (exact) mass is 253 g/mol. The molecule has 1 saturated carbocycles. The highest BCUT2D eigenvalue weighted by Crippen LogP contribution is 2.27. The molecule has 2 rings (SSSR count). The number of amides is 1. The summed E-state index contributed by atoms with van der Waals surface area (Å²) in [5.41, 5.74) is -0.654. The number of carboxylic acids is 1. The van der Waals surface area contributed by atoms with Gasteiger partial charge in [0, 0.05) is 12.5 Å². The summed E-state index contributed by atoms with van der Waals surface area (Å²) < 4.78 is 4.52. The number of hydrogen-bond donors (Lipinski definition) is 2. The van der Waals surface area contributed by atoms with E-state index in [0.717, 1.165) is 12.8 Å². The molecule has 0 aliphatic heterocycles. The minimum Gasteiger partial charge on any atom is -0.480 e. The molecule has 1 aromatic heterocycles. The number of rotatable bonds is 5. The molecule has 1 aliphatic rings. The van der Waals surface area contributed by atoms with E-state index < -0.39 is 17.3 Å². The third kappa shape index (κ3) is 2.34. The van der Waals surface area contributed by atoms with Crippen molar-refractivity contribution in [1.29, 1.82) is 0 Å². The van der Waals surface area contributed by atoms with Crippen LogP contribution in [0, 0.1) is 12.3 Å². The first-order valence-corrected chi connectivity index (χ1v) is 5.76. The maximum Gasteiger partial charge on any atom is 0.319 e. The van der Waals surface area contributed by atoms with Crippen LogP contribution in [0.3, 0.4) is 0 Å². The topological polar surface area (TPSA) is 105 Å². The van der Waals surface area contributed by atoms with E-state index in [0.29, 0.717) is 11.4 Å². The molecule has 1 aromatic rings. The van der Waals surface area contributed by atoms with Gasteiger partial charge in [-0.2, -0.15) is 0 Å². The van der Waals surface area contributed by atoms with Crippen molar-refractivity contribution in [2.45, 2.75) is 39.2 Å². The molecule has 1 amide bonds. The Labute approximate surface area is 104 Å². The molecule has 7 nitrogen and oxygen atoms in total. The standard InChI is InChI=1S/C11H15N3O4/c1-6-8(14-18-13-6)5-11(2,10(16)17)9(15)12-7-3-4-7/h7H,3-5H2,1-2H3,(H,12,15)(H,16,17). The van der Waals surface area contributed by atoms with Gasteiger partial charge in [-0.15, -0.1) is 0 Å². The highest BCUT2D eigenvalue weighted by molar-refractivity contribution is 6.01. The molecular formula is C11H15N3O4. The van der Waals surface area contributed by atoms with E-state index in [2.05, 4.69) is 20.3 Å². The smallest absolute Gasteiger partial charge is 0.319 e. The summed E-state index contributed by atoms with van der Waals surface area (Å²) >= 11 is 0. The Kier molecular flexibility index (Phi) is 3.06. The van der Waals surface area contributed by atoms with E-state index >= 15 is 0 Å². The Hall–Kier alpha value is -1.92. The van der Waals surface area contributed by atoms with Crippen molar-refractivity contribution in [2.75, 3.05) is 0 Å². The van der Waals surface area contributed by atoms with Crippen LogP contribution in [0.4, 0.5) is 0 Å². The molecule has 98 valence electrons. The SMILES string of the molecule is Cc1nonc1CC(C)(C(=O)O)C(=O)NC1CC1. The van der Waals surface area contributed by atoms with Crippen LogP contribution in [0.1, 0.15) is 31.2 Å². The molecule has 0 spiro atoms. The number of carboxylic acid groups (broad SMARTS) is 1.